The molecule has 0 aliphatic carbocycles. The fourth-order valence-electron chi connectivity index (χ4n) is 2.09. The van der Waals surface area contributed by atoms with Crippen molar-refractivity contribution >= 4 is 25.8 Å². The van der Waals surface area contributed by atoms with Crippen molar-refractivity contribution in [2.24, 2.45) is 0 Å². The quantitative estimate of drug-likeness (QED) is 0.560. The number of hydrogen-bond donors (Lipinski definition) is 1. The Morgan fingerprint density at radius 3 is 2.57 bits per heavy atom. The van der Waals surface area contributed by atoms with Gasteiger partial charge in [0, 0.05) is 0 Å². The number of benzene rings is 2. The SMILES string of the molecule is Cc1ccc(-c2c[se]c(C(C#N)=CNc3ccccc3)n2)cc1. The van der Waals surface area contributed by atoms with Gasteiger partial charge in [0.25, 0.3) is 0 Å². The van der Waals surface area contributed by atoms with E-state index in [0.717, 1.165) is 21.5 Å². The van der Waals surface area contributed by atoms with Crippen molar-refractivity contribution in [2.45, 2.75) is 6.92 Å². The Balaban J connectivity index is 1.83. The molecule has 0 bridgehead atoms. The summed E-state index contributed by atoms with van der Waals surface area (Å²) in [5, 5.41) is 12.6. The van der Waals surface area contributed by atoms with Crippen LogP contribution in [-0.2, 0) is 0 Å². The standard InChI is InChI=1S/C19H15N3Se/c1-14-7-9-15(10-8-14)18-13-23-19(22-18)16(11-20)12-21-17-5-3-2-4-6-17/h2-10,12-13,21H,1H3. The molecule has 0 spiro atoms. The van der Waals surface area contributed by atoms with E-state index in [0.29, 0.717) is 5.57 Å². The Morgan fingerprint density at radius 2 is 1.87 bits per heavy atom. The molecule has 2 aromatic carbocycles. The normalized spacial score (nSPS) is 11.0. The van der Waals surface area contributed by atoms with Crippen LogP contribution in [0.2, 0.25) is 0 Å². The summed E-state index contributed by atoms with van der Waals surface area (Å²) < 4.78 is 0.860. The fourth-order valence-corrected chi connectivity index (χ4v) is 3.75. The van der Waals surface area contributed by atoms with Gasteiger partial charge >= 0.3 is 141 Å². The maximum absolute atomic E-state index is 9.41. The first-order chi connectivity index (χ1) is 11.3. The summed E-state index contributed by atoms with van der Waals surface area (Å²) >= 11 is 0.0835. The zero-order valence-electron chi connectivity index (χ0n) is 12.7. The van der Waals surface area contributed by atoms with E-state index in [1.54, 1.807) is 6.20 Å². The second-order valence-electron chi connectivity index (χ2n) is 5.08. The van der Waals surface area contributed by atoms with Crippen LogP contribution in [0, 0.1) is 18.3 Å². The third kappa shape index (κ3) is 3.78. The minimum atomic E-state index is 0.0835. The predicted octanol–water partition coefficient (Wildman–Crippen LogP) is 4.09. The molecular weight excluding hydrogens is 349 g/mol. The molecule has 0 aliphatic rings. The van der Waals surface area contributed by atoms with Gasteiger partial charge < -0.3 is 0 Å². The molecule has 0 fully saturated rings. The number of hydrogen-bond acceptors (Lipinski definition) is 3. The summed E-state index contributed by atoms with van der Waals surface area (Å²) in [6.45, 7) is 2.07. The van der Waals surface area contributed by atoms with E-state index < -0.39 is 0 Å². The third-order valence-corrected chi connectivity index (χ3v) is 5.20. The van der Waals surface area contributed by atoms with Gasteiger partial charge in [-0.15, -0.1) is 0 Å². The Hall–Kier alpha value is -2.60. The number of nitrogens with one attached hydrogen (secondary N) is 1. The maximum atomic E-state index is 9.41. The topological polar surface area (TPSA) is 48.7 Å². The predicted molar refractivity (Wildman–Crippen MR) is 95.0 cm³/mol. The van der Waals surface area contributed by atoms with Crippen LogP contribution in [0.15, 0.2) is 65.7 Å². The molecule has 0 amide bonds. The van der Waals surface area contributed by atoms with Crippen LogP contribution in [0.5, 0.6) is 0 Å². The van der Waals surface area contributed by atoms with Gasteiger partial charge in [-0.3, -0.25) is 0 Å². The van der Waals surface area contributed by atoms with E-state index in [-0.39, 0.29) is 14.5 Å². The molecule has 0 saturated heterocycles. The summed E-state index contributed by atoms with van der Waals surface area (Å²) in [6.07, 6.45) is 1.74. The average Bonchev–Trinajstić information content (AvgIpc) is 3.07. The first-order valence-electron chi connectivity index (χ1n) is 7.21. The van der Waals surface area contributed by atoms with Gasteiger partial charge in [0.1, 0.15) is 0 Å². The summed E-state index contributed by atoms with van der Waals surface area (Å²) in [5.74, 6) is 0. The van der Waals surface area contributed by atoms with Crippen molar-refractivity contribution in [1.29, 1.82) is 5.26 Å². The van der Waals surface area contributed by atoms with E-state index in [1.165, 1.54) is 5.56 Å². The van der Waals surface area contributed by atoms with Crippen molar-refractivity contribution in [3.05, 3.63) is 75.9 Å². The molecule has 1 heterocycles. The van der Waals surface area contributed by atoms with Gasteiger partial charge in [-0.1, -0.05) is 0 Å². The van der Waals surface area contributed by atoms with E-state index in [4.69, 9.17) is 0 Å². The molecule has 3 aromatic rings. The third-order valence-electron chi connectivity index (χ3n) is 3.36. The Morgan fingerprint density at radius 1 is 1.13 bits per heavy atom. The summed E-state index contributed by atoms with van der Waals surface area (Å²) in [7, 11) is 0. The van der Waals surface area contributed by atoms with E-state index >= 15 is 0 Å². The van der Waals surface area contributed by atoms with Crippen molar-refractivity contribution < 1.29 is 0 Å². The van der Waals surface area contributed by atoms with Gasteiger partial charge in [-0.25, -0.2) is 0 Å². The molecule has 112 valence electrons. The molecule has 23 heavy (non-hydrogen) atoms. The number of aromatic nitrogens is 1. The Bertz CT molecular complexity index is 856. The van der Waals surface area contributed by atoms with Gasteiger partial charge in [-0.05, 0) is 0 Å². The van der Waals surface area contributed by atoms with Crippen LogP contribution in [-0.4, -0.2) is 19.5 Å². The summed E-state index contributed by atoms with van der Waals surface area (Å²) in [6, 6.07) is 20.3. The van der Waals surface area contributed by atoms with Gasteiger partial charge in [0.2, 0.25) is 0 Å². The molecule has 3 nitrogen and oxygen atoms in total. The number of rotatable bonds is 4. The van der Waals surface area contributed by atoms with Crippen LogP contribution < -0.4 is 5.32 Å². The first-order valence-corrected chi connectivity index (χ1v) is 9.05. The monoisotopic (exact) mass is 365 g/mol. The van der Waals surface area contributed by atoms with E-state index in [2.05, 4.69) is 52.5 Å². The number of para-hydroxylation sites is 1. The molecule has 1 aromatic heterocycles. The number of nitrogens with zero attached hydrogens (tertiary/aromatic N) is 2. The molecule has 0 radical (unpaired) electrons. The molecule has 4 heteroatoms. The van der Waals surface area contributed by atoms with Gasteiger partial charge in [0.15, 0.2) is 0 Å². The second kappa shape index (κ2) is 7.11. The Labute approximate surface area is 141 Å². The van der Waals surface area contributed by atoms with Crippen LogP contribution in [0.25, 0.3) is 16.8 Å². The first kappa shape index (κ1) is 15.3. The van der Waals surface area contributed by atoms with Crippen molar-refractivity contribution in [1.82, 2.24) is 4.98 Å². The fraction of sp³-hybridized carbons (Fsp3) is 0.0526. The Kier molecular flexibility index (Phi) is 4.73. The zero-order valence-corrected chi connectivity index (χ0v) is 14.4. The number of aryl methyl sites for hydroxylation is 1. The van der Waals surface area contributed by atoms with Crippen molar-refractivity contribution in [3.63, 3.8) is 0 Å². The van der Waals surface area contributed by atoms with Crippen molar-refractivity contribution in [2.75, 3.05) is 5.32 Å². The summed E-state index contributed by atoms with van der Waals surface area (Å²) in [5.41, 5.74) is 4.83. The number of allylic oxidation sites excluding steroid dienone is 1. The van der Waals surface area contributed by atoms with Crippen LogP contribution >= 0.6 is 0 Å². The molecule has 0 unspecified atom stereocenters. The molecule has 0 aliphatic heterocycles. The number of anilines is 1. The number of nitriles is 1. The molecular formula is C19H15N3Se. The average molecular weight is 364 g/mol. The zero-order chi connectivity index (χ0) is 16.1. The van der Waals surface area contributed by atoms with Crippen molar-refractivity contribution in [3.8, 4) is 17.3 Å². The van der Waals surface area contributed by atoms with Crippen LogP contribution in [0.3, 0.4) is 0 Å². The molecule has 0 atom stereocenters. The van der Waals surface area contributed by atoms with Gasteiger partial charge in [-0.2, -0.15) is 0 Å². The molecule has 0 saturated carbocycles. The summed E-state index contributed by atoms with van der Waals surface area (Å²) in [4.78, 5) is 6.77. The van der Waals surface area contributed by atoms with Crippen LogP contribution in [0.1, 0.15) is 10.1 Å². The van der Waals surface area contributed by atoms with Crippen LogP contribution in [0.4, 0.5) is 5.69 Å². The second-order valence-corrected chi connectivity index (χ2v) is 6.88. The molecule has 1 N–H and O–H groups in total. The molecule has 3 rings (SSSR count). The minimum absolute atomic E-state index is 0.0835. The van der Waals surface area contributed by atoms with E-state index in [1.807, 2.05) is 30.3 Å². The van der Waals surface area contributed by atoms with Gasteiger partial charge in [0.05, 0.1) is 0 Å². The van der Waals surface area contributed by atoms with E-state index in [9.17, 15) is 5.26 Å².